The SMILES string of the molecule is COc1ccc2ncc(Cl)c([C@@H](O)CCC3(CO)CCN(CCSc4cccnc4)CC3)c2c1. The van der Waals surface area contributed by atoms with Crippen molar-refractivity contribution in [2.75, 3.05) is 39.1 Å². The summed E-state index contributed by atoms with van der Waals surface area (Å²) >= 11 is 8.29. The van der Waals surface area contributed by atoms with E-state index in [0.29, 0.717) is 22.8 Å². The van der Waals surface area contributed by atoms with Gasteiger partial charge in [0.1, 0.15) is 5.75 Å². The molecular formula is C26H32ClN3O3S. The number of fused-ring (bicyclic) bond motifs is 1. The molecule has 0 radical (unpaired) electrons. The number of benzene rings is 1. The smallest absolute Gasteiger partial charge is 0.119 e. The number of nitrogens with zero attached hydrogens (tertiary/aromatic N) is 3. The number of piperidine rings is 1. The van der Waals surface area contributed by atoms with Crippen molar-refractivity contribution in [1.29, 1.82) is 0 Å². The number of likely N-dealkylation sites (tertiary alicyclic amines) is 1. The maximum atomic E-state index is 11.1. The number of halogens is 1. The minimum atomic E-state index is -0.734. The van der Waals surface area contributed by atoms with Gasteiger partial charge in [0.2, 0.25) is 0 Å². The van der Waals surface area contributed by atoms with Crippen LogP contribution in [0.15, 0.2) is 53.8 Å². The van der Waals surface area contributed by atoms with Crippen molar-refractivity contribution in [2.24, 2.45) is 5.41 Å². The molecule has 0 unspecified atom stereocenters. The monoisotopic (exact) mass is 501 g/mol. The fourth-order valence-corrected chi connectivity index (χ4v) is 5.86. The third-order valence-corrected chi connectivity index (χ3v) is 8.17. The molecule has 6 nitrogen and oxygen atoms in total. The summed E-state index contributed by atoms with van der Waals surface area (Å²) in [6, 6.07) is 9.65. The average molecular weight is 502 g/mol. The molecule has 3 heterocycles. The lowest BCUT2D eigenvalue weighted by Crippen LogP contribution is -2.43. The van der Waals surface area contributed by atoms with Gasteiger partial charge >= 0.3 is 0 Å². The molecule has 2 aromatic heterocycles. The quantitative estimate of drug-likeness (QED) is 0.379. The van der Waals surface area contributed by atoms with Crippen LogP contribution in [-0.2, 0) is 0 Å². The third-order valence-electron chi connectivity index (χ3n) is 6.91. The summed E-state index contributed by atoms with van der Waals surface area (Å²) in [7, 11) is 1.62. The minimum absolute atomic E-state index is 0.136. The van der Waals surface area contributed by atoms with E-state index in [1.807, 2.05) is 42.2 Å². The van der Waals surface area contributed by atoms with Crippen molar-refractivity contribution in [3.63, 3.8) is 0 Å². The third kappa shape index (κ3) is 6.01. The first-order valence-electron chi connectivity index (χ1n) is 11.7. The first-order chi connectivity index (χ1) is 16.5. The number of thioether (sulfide) groups is 1. The van der Waals surface area contributed by atoms with E-state index >= 15 is 0 Å². The average Bonchev–Trinajstić information content (AvgIpc) is 2.88. The van der Waals surface area contributed by atoms with Crippen LogP contribution in [0.2, 0.25) is 5.02 Å². The number of rotatable bonds is 10. The van der Waals surface area contributed by atoms with E-state index in [4.69, 9.17) is 16.3 Å². The van der Waals surface area contributed by atoms with Crippen LogP contribution in [0.25, 0.3) is 10.9 Å². The van der Waals surface area contributed by atoms with Crippen LogP contribution < -0.4 is 4.74 Å². The molecule has 8 heteroatoms. The Labute approximate surface area is 210 Å². The second-order valence-corrected chi connectivity index (χ2v) is 10.6. The van der Waals surface area contributed by atoms with Gasteiger partial charge in [0.15, 0.2) is 0 Å². The number of hydrogen-bond donors (Lipinski definition) is 2. The number of aromatic nitrogens is 2. The summed E-state index contributed by atoms with van der Waals surface area (Å²) in [4.78, 5) is 12.2. The zero-order chi connectivity index (χ0) is 24.0. The fourth-order valence-electron chi connectivity index (χ4n) is 4.68. The van der Waals surface area contributed by atoms with Crippen molar-refractivity contribution in [3.8, 4) is 5.75 Å². The molecule has 0 spiro atoms. The first-order valence-corrected chi connectivity index (χ1v) is 13.1. The van der Waals surface area contributed by atoms with E-state index < -0.39 is 6.10 Å². The number of hydrogen-bond acceptors (Lipinski definition) is 7. The van der Waals surface area contributed by atoms with Gasteiger partial charge in [-0.1, -0.05) is 11.6 Å². The number of aliphatic hydroxyl groups excluding tert-OH is 2. The van der Waals surface area contributed by atoms with Gasteiger partial charge in [-0.2, -0.15) is 0 Å². The molecule has 1 atom stereocenters. The van der Waals surface area contributed by atoms with Crippen molar-refractivity contribution in [1.82, 2.24) is 14.9 Å². The normalized spacial score (nSPS) is 17.1. The number of ether oxygens (including phenoxy) is 1. The lowest BCUT2D eigenvalue weighted by molar-refractivity contribution is 0.0254. The predicted molar refractivity (Wildman–Crippen MR) is 138 cm³/mol. The van der Waals surface area contributed by atoms with Gasteiger partial charge < -0.3 is 19.8 Å². The molecule has 0 aliphatic carbocycles. The van der Waals surface area contributed by atoms with Gasteiger partial charge in [-0.15, -0.1) is 11.8 Å². The lowest BCUT2D eigenvalue weighted by Gasteiger charge is -2.41. The zero-order valence-electron chi connectivity index (χ0n) is 19.5. The van der Waals surface area contributed by atoms with E-state index in [2.05, 4.69) is 20.9 Å². The van der Waals surface area contributed by atoms with Gasteiger partial charge in [-0.3, -0.25) is 9.97 Å². The minimum Gasteiger partial charge on any atom is -0.497 e. The zero-order valence-corrected chi connectivity index (χ0v) is 21.1. The summed E-state index contributed by atoms with van der Waals surface area (Å²) < 4.78 is 5.35. The van der Waals surface area contributed by atoms with Crippen molar-refractivity contribution in [2.45, 2.75) is 36.7 Å². The van der Waals surface area contributed by atoms with Crippen molar-refractivity contribution in [3.05, 3.63) is 59.5 Å². The molecule has 4 rings (SSSR count). The van der Waals surface area contributed by atoms with Crippen molar-refractivity contribution >= 4 is 34.3 Å². The Morgan fingerprint density at radius 3 is 2.76 bits per heavy atom. The topological polar surface area (TPSA) is 78.7 Å². The molecule has 1 aliphatic rings. The standard InChI is InChI=1S/C26H32ClN3O3S/c1-33-19-4-5-23-21(15-19)25(22(27)17-29-23)24(32)6-7-26(18-31)8-11-30(12-9-26)13-14-34-20-3-2-10-28-16-20/h2-5,10,15-17,24,31-32H,6-9,11-14,18H2,1H3/t24-/m0/s1. The number of pyridine rings is 2. The summed E-state index contributed by atoms with van der Waals surface area (Å²) in [5.74, 6) is 1.72. The maximum absolute atomic E-state index is 11.1. The van der Waals surface area contributed by atoms with Gasteiger partial charge in [0, 0.05) is 53.3 Å². The Morgan fingerprint density at radius 2 is 2.06 bits per heavy atom. The van der Waals surface area contributed by atoms with Crippen LogP contribution in [0.5, 0.6) is 5.75 Å². The second-order valence-electron chi connectivity index (χ2n) is 8.99. The Balaban J connectivity index is 1.34. The van der Waals surface area contributed by atoms with Gasteiger partial charge in [-0.25, -0.2) is 0 Å². The largest absolute Gasteiger partial charge is 0.497 e. The van der Waals surface area contributed by atoms with Crippen LogP contribution in [0.1, 0.15) is 37.4 Å². The highest BCUT2D eigenvalue weighted by Crippen LogP contribution is 2.40. The molecule has 0 bridgehead atoms. The van der Waals surface area contributed by atoms with Crippen LogP contribution in [-0.4, -0.2) is 64.2 Å². The predicted octanol–water partition coefficient (Wildman–Crippen LogP) is 4.97. The van der Waals surface area contributed by atoms with E-state index in [1.54, 1.807) is 19.5 Å². The molecule has 34 heavy (non-hydrogen) atoms. The first kappa shape index (κ1) is 25.2. The molecule has 1 aromatic carbocycles. The van der Waals surface area contributed by atoms with Crippen LogP contribution in [0.4, 0.5) is 0 Å². The number of aliphatic hydroxyl groups is 2. The highest BCUT2D eigenvalue weighted by molar-refractivity contribution is 7.99. The summed E-state index contributed by atoms with van der Waals surface area (Å²) in [6.07, 6.45) is 7.68. The van der Waals surface area contributed by atoms with Gasteiger partial charge in [-0.05, 0) is 74.5 Å². The van der Waals surface area contributed by atoms with E-state index in [0.717, 1.165) is 55.6 Å². The van der Waals surface area contributed by atoms with Gasteiger partial charge in [0.05, 0.1) is 23.8 Å². The van der Waals surface area contributed by atoms with Crippen LogP contribution in [0.3, 0.4) is 0 Å². The molecule has 1 fully saturated rings. The van der Waals surface area contributed by atoms with E-state index in [1.165, 1.54) is 4.90 Å². The molecule has 3 aromatic rings. The highest BCUT2D eigenvalue weighted by atomic mass is 35.5. The second kappa shape index (κ2) is 11.7. The summed E-state index contributed by atoms with van der Waals surface area (Å²) in [5, 5.41) is 22.6. The molecule has 2 N–H and O–H groups in total. The van der Waals surface area contributed by atoms with E-state index in [-0.39, 0.29) is 12.0 Å². The van der Waals surface area contributed by atoms with E-state index in [9.17, 15) is 10.2 Å². The van der Waals surface area contributed by atoms with Gasteiger partial charge in [0.25, 0.3) is 0 Å². The summed E-state index contributed by atoms with van der Waals surface area (Å²) in [6.45, 7) is 3.07. The molecule has 0 amide bonds. The molecule has 182 valence electrons. The fraction of sp³-hybridized carbons (Fsp3) is 0.462. The Bertz CT molecular complexity index is 1080. The maximum Gasteiger partial charge on any atom is 0.119 e. The van der Waals surface area contributed by atoms with Crippen LogP contribution >= 0.6 is 23.4 Å². The van der Waals surface area contributed by atoms with Crippen molar-refractivity contribution < 1.29 is 14.9 Å². The molecule has 1 aliphatic heterocycles. The molecular weight excluding hydrogens is 470 g/mol. The molecule has 0 saturated carbocycles. The molecule has 1 saturated heterocycles. The Hall–Kier alpha value is -1.90. The highest BCUT2D eigenvalue weighted by Gasteiger charge is 2.34. The Morgan fingerprint density at radius 1 is 1.24 bits per heavy atom. The summed E-state index contributed by atoms with van der Waals surface area (Å²) in [5.41, 5.74) is 1.29. The van der Waals surface area contributed by atoms with Crippen LogP contribution in [0, 0.1) is 5.41 Å². The Kier molecular flexibility index (Phi) is 8.66. The number of methoxy groups -OCH3 is 1. The lowest BCUT2D eigenvalue weighted by atomic mass is 9.74.